The third kappa shape index (κ3) is 1.51. The Morgan fingerprint density at radius 2 is 2.00 bits per heavy atom. The summed E-state index contributed by atoms with van der Waals surface area (Å²) in [7, 11) is 0. The molecular formula is C8H5F2NO. The molecule has 1 N–H and O–H groups in total. The summed E-state index contributed by atoms with van der Waals surface area (Å²) in [6.45, 7) is 0. The number of phenolic OH excluding ortho intramolecular Hbond substituents is 1. The summed E-state index contributed by atoms with van der Waals surface area (Å²) in [5, 5.41) is 17.0. The fraction of sp³-hybridized carbons (Fsp3) is 0.125. The van der Waals surface area contributed by atoms with Crippen molar-refractivity contribution in [2.75, 3.05) is 0 Å². The number of aromatic hydroxyl groups is 1. The third-order valence-electron chi connectivity index (χ3n) is 1.39. The first-order valence-electron chi connectivity index (χ1n) is 3.19. The molecule has 0 aliphatic rings. The van der Waals surface area contributed by atoms with Gasteiger partial charge in [-0.1, -0.05) is 0 Å². The number of phenols is 1. The topological polar surface area (TPSA) is 44.0 Å². The lowest BCUT2D eigenvalue weighted by Gasteiger charge is -1.99. The van der Waals surface area contributed by atoms with Crippen molar-refractivity contribution in [3.8, 4) is 11.8 Å². The predicted octanol–water partition coefficient (Wildman–Crippen LogP) is 1.74. The molecule has 12 heavy (non-hydrogen) atoms. The van der Waals surface area contributed by atoms with Crippen LogP contribution in [0.15, 0.2) is 12.1 Å². The minimum Gasteiger partial charge on any atom is -0.505 e. The van der Waals surface area contributed by atoms with Crippen LogP contribution in [-0.2, 0) is 6.42 Å². The molecule has 0 aromatic heterocycles. The van der Waals surface area contributed by atoms with Gasteiger partial charge in [0.15, 0.2) is 11.6 Å². The normalized spacial score (nSPS) is 9.42. The lowest BCUT2D eigenvalue weighted by molar-refractivity contribution is 0.426. The van der Waals surface area contributed by atoms with Crippen LogP contribution in [0.2, 0.25) is 0 Å². The van der Waals surface area contributed by atoms with E-state index in [1.165, 1.54) is 0 Å². The van der Waals surface area contributed by atoms with Gasteiger partial charge in [-0.3, -0.25) is 0 Å². The minimum absolute atomic E-state index is 0.00333. The van der Waals surface area contributed by atoms with Crippen LogP contribution >= 0.6 is 0 Å². The van der Waals surface area contributed by atoms with Crippen LogP contribution in [0.5, 0.6) is 5.75 Å². The van der Waals surface area contributed by atoms with Crippen molar-refractivity contribution in [2.24, 2.45) is 0 Å². The summed E-state index contributed by atoms with van der Waals surface area (Å²) in [5.41, 5.74) is -0.00333. The Bertz CT molecular complexity index is 344. The molecule has 2 nitrogen and oxygen atoms in total. The van der Waals surface area contributed by atoms with Gasteiger partial charge in [0.25, 0.3) is 0 Å². The van der Waals surface area contributed by atoms with Gasteiger partial charge in [-0.05, 0) is 6.07 Å². The predicted molar refractivity (Wildman–Crippen MR) is 37.3 cm³/mol. The molecule has 1 aromatic rings. The maximum Gasteiger partial charge on any atom is 0.167 e. The van der Waals surface area contributed by atoms with E-state index in [9.17, 15) is 8.78 Å². The Hall–Kier alpha value is -1.63. The lowest BCUT2D eigenvalue weighted by Crippen LogP contribution is -1.90. The molecule has 0 fully saturated rings. The van der Waals surface area contributed by atoms with Crippen molar-refractivity contribution in [2.45, 2.75) is 6.42 Å². The molecule has 0 spiro atoms. The second-order valence-corrected chi connectivity index (χ2v) is 2.23. The van der Waals surface area contributed by atoms with Gasteiger partial charge in [0.05, 0.1) is 12.5 Å². The van der Waals surface area contributed by atoms with Gasteiger partial charge in [0, 0.05) is 11.6 Å². The third-order valence-corrected chi connectivity index (χ3v) is 1.39. The lowest BCUT2D eigenvalue weighted by atomic mass is 10.1. The highest BCUT2D eigenvalue weighted by Gasteiger charge is 2.07. The first-order chi connectivity index (χ1) is 5.65. The van der Waals surface area contributed by atoms with Crippen LogP contribution in [0, 0.1) is 23.0 Å². The van der Waals surface area contributed by atoms with E-state index in [0.717, 1.165) is 6.07 Å². The first-order valence-corrected chi connectivity index (χ1v) is 3.19. The van der Waals surface area contributed by atoms with E-state index in [0.29, 0.717) is 6.07 Å². The summed E-state index contributed by atoms with van der Waals surface area (Å²) in [6.07, 6.45) is -0.181. The quantitative estimate of drug-likeness (QED) is 0.695. The molecular weight excluding hydrogens is 164 g/mol. The first kappa shape index (κ1) is 8.47. The molecule has 1 aromatic carbocycles. The van der Waals surface area contributed by atoms with E-state index < -0.39 is 17.4 Å². The standard InChI is InChI=1S/C8H5F2NO/c9-6-4-7(10)8(12)3-5(6)1-2-11/h3-4,12H,1H2. The number of benzene rings is 1. The van der Waals surface area contributed by atoms with Gasteiger partial charge in [-0.2, -0.15) is 5.26 Å². The maximum atomic E-state index is 12.7. The van der Waals surface area contributed by atoms with Crippen LogP contribution in [0.25, 0.3) is 0 Å². The number of hydrogen-bond acceptors (Lipinski definition) is 2. The Labute approximate surface area is 67.7 Å². The van der Waals surface area contributed by atoms with Crippen LogP contribution < -0.4 is 0 Å². The molecule has 4 heteroatoms. The van der Waals surface area contributed by atoms with Crippen molar-refractivity contribution < 1.29 is 13.9 Å². The Morgan fingerprint density at radius 1 is 1.33 bits per heavy atom. The summed E-state index contributed by atoms with van der Waals surface area (Å²) in [6, 6.07) is 3.17. The molecule has 0 saturated heterocycles. The van der Waals surface area contributed by atoms with Gasteiger partial charge in [0.2, 0.25) is 0 Å². The monoisotopic (exact) mass is 169 g/mol. The van der Waals surface area contributed by atoms with Gasteiger partial charge < -0.3 is 5.11 Å². The van der Waals surface area contributed by atoms with Crippen molar-refractivity contribution in [1.29, 1.82) is 5.26 Å². The summed E-state index contributed by atoms with van der Waals surface area (Å²) in [5.74, 6) is -2.47. The van der Waals surface area contributed by atoms with Crippen molar-refractivity contribution in [1.82, 2.24) is 0 Å². The number of nitrogens with zero attached hydrogens (tertiary/aromatic N) is 1. The fourth-order valence-electron chi connectivity index (χ4n) is 0.801. The van der Waals surface area contributed by atoms with Crippen LogP contribution in [0.4, 0.5) is 8.78 Å². The van der Waals surface area contributed by atoms with Gasteiger partial charge >= 0.3 is 0 Å². The Kier molecular flexibility index (Phi) is 2.24. The highest BCUT2D eigenvalue weighted by molar-refractivity contribution is 5.31. The zero-order valence-corrected chi connectivity index (χ0v) is 6.01. The van der Waals surface area contributed by atoms with E-state index in [2.05, 4.69) is 0 Å². The van der Waals surface area contributed by atoms with Gasteiger partial charge in [-0.25, -0.2) is 8.78 Å². The minimum atomic E-state index is -1.02. The average molecular weight is 169 g/mol. The summed E-state index contributed by atoms with van der Waals surface area (Å²) >= 11 is 0. The van der Waals surface area contributed by atoms with E-state index >= 15 is 0 Å². The largest absolute Gasteiger partial charge is 0.505 e. The summed E-state index contributed by atoms with van der Waals surface area (Å²) in [4.78, 5) is 0. The number of nitriles is 1. The maximum absolute atomic E-state index is 12.7. The highest BCUT2D eigenvalue weighted by atomic mass is 19.1. The molecule has 0 amide bonds. The van der Waals surface area contributed by atoms with E-state index in [1.54, 1.807) is 6.07 Å². The van der Waals surface area contributed by atoms with Gasteiger partial charge in [0.1, 0.15) is 5.82 Å². The van der Waals surface area contributed by atoms with Gasteiger partial charge in [-0.15, -0.1) is 0 Å². The molecule has 62 valence electrons. The van der Waals surface area contributed by atoms with Crippen LogP contribution in [0.3, 0.4) is 0 Å². The number of halogens is 2. The SMILES string of the molecule is N#CCc1cc(O)c(F)cc1F. The molecule has 0 aliphatic heterocycles. The van der Waals surface area contributed by atoms with Crippen molar-refractivity contribution in [3.63, 3.8) is 0 Å². The van der Waals surface area contributed by atoms with Crippen LogP contribution in [-0.4, -0.2) is 5.11 Å². The molecule has 0 unspecified atom stereocenters. The van der Waals surface area contributed by atoms with E-state index in [-0.39, 0.29) is 12.0 Å². The molecule has 0 atom stereocenters. The second-order valence-electron chi connectivity index (χ2n) is 2.23. The molecule has 0 saturated carbocycles. The van der Waals surface area contributed by atoms with E-state index in [1.807, 2.05) is 0 Å². The molecule has 1 rings (SSSR count). The van der Waals surface area contributed by atoms with Crippen molar-refractivity contribution in [3.05, 3.63) is 29.3 Å². The zero-order chi connectivity index (χ0) is 9.14. The molecule has 0 aliphatic carbocycles. The molecule has 0 radical (unpaired) electrons. The highest BCUT2D eigenvalue weighted by Crippen LogP contribution is 2.20. The number of hydrogen-bond donors (Lipinski definition) is 1. The van der Waals surface area contributed by atoms with E-state index in [4.69, 9.17) is 10.4 Å². The second kappa shape index (κ2) is 3.18. The van der Waals surface area contributed by atoms with Crippen LogP contribution in [0.1, 0.15) is 5.56 Å². The zero-order valence-electron chi connectivity index (χ0n) is 6.01. The summed E-state index contributed by atoms with van der Waals surface area (Å²) < 4.78 is 25.1. The van der Waals surface area contributed by atoms with Crippen molar-refractivity contribution >= 4 is 0 Å². The molecule has 0 bridgehead atoms. The Morgan fingerprint density at radius 3 is 2.58 bits per heavy atom. The number of rotatable bonds is 1. The smallest absolute Gasteiger partial charge is 0.167 e. The fourth-order valence-corrected chi connectivity index (χ4v) is 0.801. The molecule has 0 heterocycles. The average Bonchev–Trinajstić information content (AvgIpc) is 2.01. The Balaban J connectivity index is 3.16.